The molecule has 25 heavy (non-hydrogen) atoms. The van der Waals surface area contributed by atoms with Crippen molar-refractivity contribution in [3.05, 3.63) is 0 Å². The number of likely N-dealkylation sites (N-methyl/N-ethyl adjacent to an activating group) is 1. The standard InChI is InChI=1S/C21H46NO2.BrH/c1-4-6-7-8-9-10-11-12-13-14-15-16-20-24-21-22(3,17-5-2)18-19-23;/h23H,4-21H2,1-3H3;1H/q+1;/p-1. The highest BCUT2D eigenvalue weighted by Crippen LogP contribution is 2.12. The zero-order chi connectivity index (χ0) is 17.9. The maximum absolute atomic E-state index is 9.17. The summed E-state index contributed by atoms with van der Waals surface area (Å²) in [4.78, 5) is 0. The first kappa shape index (κ1) is 27.6. The van der Waals surface area contributed by atoms with Crippen molar-refractivity contribution in [3.63, 3.8) is 0 Å². The van der Waals surface area contributed by atoms with Gasteiger partial charge in [0.2, 0.25) is 0 Å². The Labute approximate surface area is 168 Å². The van der Waals surface area contributed by atoms with Gasteiger partial charge >= 0.3 is 0 Å². The van der Waals surface area contributed by atoms with Crippen LogP contribution in [0.15, 0.2) is 0 Å². The van der Waals surface area contributed by atoms with Crippen molar-refractivity contribution >= 4 is 0 Å². The van der Waals surface area contributed by atoms with E-state index in [1.165, 1.54) is 77.0 Å². The van der Waals surface area contributed by atoms with E-state index in [1.807, 2.05) is 0 Å². The van der Waals surface area contributed by atoms with E-state index in [1.54, 1.807) is 0 Å². The van der Waals surface area contributed by atoms with Gasteiger partial charge in [-0.1, -0.05) is 84.5 Å². The molecular weight excluding hydrogens is 378 g/mol. The molecule has 1 unspecified atom stereocenters. The molecule has 0 aromatic rings. The summed E-state index contributed by atoms with van der Waals surface area (Å²) in [5.41, 5.74) is 0. The molecule has 4 heteroatoms. The van der Waals surface area contributed by atoms with Crippen LogP contribution in [0.2, 0.25) is 0 Å². The molecule has 0 bridgehead atoms. The number of aliphatic hydroxyl groups excluding tert-OH is 1. The summed E-state index contributed by atoms with van der Waals surface area (Å²) >= 11 is 0. The minimum absolute atomic E-state index is 0. The molecule has 0 saturated heterocycles. The molecule has 0 aliphatic carbocycles. The fourth-order valence-corrected chi connectivity index (χ4v) is 3.35. The van der Waals surface area contributed by atoms with E-state index in [2.05, 4.69) is 20.9 Å². The largest absolute Gasteiger partial charge is 1.00 e. The molecule has 0 spiro atoms. The molecule has 0 aromatic carbocycles. The predicted octanol–water partition coefficient (Wildman–Crippen LogP) is 2.51. The predicted molar refractivity (Wildman–Crippen MR) is 105 cm³/mol. The molecule has 0 aromatic heterocycles. The van der Waals surface area contributed by atoms with Gasteiger partial charge in [-0.25, -0.2) is 0 Å². The number of nitrogens with zero attached hydrogens (tertiary/aromatic N) is 1. The number of unbranched alkanes of at least 4 members (excludes halogenated alkanes) is 11. The minimum Gasteiger partial charge on any atom is -1.00 e. The second-order valence-electron chi connectivity index (χ2n) is 7.72. The average Bonchev–Trinajstić information content (AvgIpc) is 2.55. The molecular formula is C21H46BrNO2. The Balaban J connectivity index is 0. The van der Waals surface area contributed by atoms with Crippen molar-refractivity contribution < 1.29 is 31.3 Å². The van der Waals surface area contributed by atoms with Crippen LogP contribution < -0.4 is 17.0 Å². The Morgan fingerprint density at radius 1 is 0.680 bits per heavy atom. The number of hydrogen-bond donors (Lipinski definition) is 1. The lowest BCUT2D eigenvalue weighted by molar-refractivity contribution is -0.928. The summed E-state index contributed by atoms with van der Waals surface area (Å²) in [7, 11) is 2.18. The molecule has 0 amide bonds. The van der Waals surface area contributed by atoms with Crippen LogP contribution in [-0.2, 0) is 4.74 Å². The van der Waals surface area contributed by atoms with Crippen LogP contribution in [0.5, 0.6) is 0 Å². The highest BCUT2D eigenvalue weighted by molar-refractivity contribution is 4.48. The van der Waals surface area contributed by atoms with Gasteiger partial charge in [0.05, 0.1) is 26.8 Å². The van der Waals surface area contributed by atoms with Crippen molar-refractivity contribution in [2.75, 3.05) is 40.1 Å². The Morgan fingerprint density at radius 2 is 1.16 bits per heavy atom. The fraction of sp³-hybridized carbons (Fsp3) is 1.00. The van der Waals surface area contributed by atoms with E-state index < -0.39 is 0 Å². The average molecular weight is 425 g/mol. The van der Waals surface area contributed by atoms with Gasteiger partial charge in [0, 0.05) is 0 Å². The van der Waals surface area contributed by atoms with Crippen LogP contribution in [-0.4, -0.2) is 49.7 Å². The molecule has 0 aliphatic heterocycles. The zero-order valence-corrected chi connectivity index (χ0v) is 19.0. The molecule has 0 saturated carbocycles. The molecule has 1 N–H and O–H groups in total. The van der Waals surface area contributed by atoms with Crippen LogP contribution >= 0.6 is 0 Å². The molecule has 1 atom stereocenters. The third-order valence-electron chi connectivity index (χ3n) is 4.95. The Hall–Kier alpha value is 0.360. The summed E-state index contributed by atoms with van der Waals surface area (Å²) in [6, 6.07) is 0. The zero-order valence-electron chi connectivity index (χ0n) is 17.4. The van der Waals surface area contributed by atoms with Gasteiger partial charge in [0.25, 0.3) is 0 Å². The van der Waals surface area contributed by atoms with Crippen LogP contribution in [0.3, 0.4) is 0 Å². The third-order valence-corrected chi connectivity index (χ3v) is 4.95. The second-order valence-corrected chi connectivity index (χ2v) is 7.72. The van der Waals surface area contributed by atoms with Crippen LogP contribution in [0.4, 0.5) is 0 Å². The molecule has 0 heterocycles. The second kappa shape index (κ2) is 20.7. The third kappa shape index (κ3) is 18.9. The van der Waals surface area contributed by atoms with E-state index in [4.69, 9.17) is 4.74 Å². The lowest BCUT2D eigenvalue weighted by Crippen LogP contribution is -3.00. The Kier molecular flexibility index (Phi) is 22.8. The van der Waals surface area contributed by atoms with Gasteiger partial charge in [0.15, 0.2) is 6.73 Å². The molecule has 0 radical (unpaired) electrons. The van der Waals surface area contributed by atoms with E-state index >= 15 is 0 Å². The molecule has 0 aliphatic rings. The normalized spacial score (nSPS) is 13.4. The van der Waals surface area contributed by atoms with Gasteiger partial charge in [-0.2, -0.15) is 0 Å². The lowest BCUT2D eigenvalue weighted by atomic mass is 10.1. The smallest absolute Gasteiger partial charge is 0.182 e. The topological polar surface area (TPSA) is 29.5 Å². The first-order valence-corrected chi connectivity index (χ1v) is 10.7. The Morgan fingerprint density at radius 3 is 1.60 bits per heavy atom. The first-order valence-electron chi connectivity index (χ1n) is 10.7. The highest BCUT2D eigenvalue weighted by Gasteiger charge is 2.19. The first-order chi connectivity index (χ1) is 11.7. The highest BCUT2D eigenvalue weighted by atomic mass is 79.9. The lowest BCUT2D eigenvalue weighted by Gasteiger charge is -2.33. The number of rotatable bonds is 19. The van der Waals surface area contributed by atoms with E-state index in [0.29, 0.717) is 0 Å². The maximum atomic E-state index is 9.17. The quantitative estimate of drug-likeness (QED) is 0.196. The van der Waals surface area contributed by atoms with Gasteiger partial charge in [-0.15, -0.1) is 0 Å². The van der Waals surface area contributed by atoms with Gasteiger partial charge in [-0.3, -0.25) is 0 Å². The number of halogens is 1. The number of ether oxygens (including phenoxy) is 1. The maximum Gasteiger partial charge on any atom is 0.182 e. The van der Waals surface area contributed by atoms with Crippen molar-refractivity contribution in [1.29, 1.82) is 0 Å². The summed E-state index contributed by atoms with van der Waals surface area (Å²) in [5.74, 6) is 0. The Bertz CT molecular complexity index is 246. The molecule has 0 fully saturated rings. The number of aliphatic hydroxyl groups is 1. The van der Waals surface area contributed by atoms with E-state index in [0.717, 1.165) is 37.3 Å². The van der Waals surface area contributed by atoms with Gasteiger partial charge < -0.3 is 31.3 Å². The summed E-state index contributed by atoms with van der Waals surface area (Å²) in [6.45, 7) is 8.22. The number of quaternary nitrogens is 1. The van der Waals surface area contributed by atoms with E-state index in [-0.39, 0.29) is 23.6 Å². The fourth-order valence-electron chi connectivity index (χ4n) is 3.35. The van der Waals surface area contributed by atoms with Crippen LogP contribution in [0, 0.1) is 0 Å². The summed E-state index contributed by atoms with van der Waals surface area (Å²) in [6.07, 6.45) is 17.7. The molecule has 0 rings (SSSR count). The van der Waals surface area contributed by atoms with Crippen molar-refractivity contribution in [3.8, 4) is 0 Å². The van der Waals surface area contributed by atoms with Crippen LogP contribution in [0.1, 0.15) is 97.3 Å². The monoisotopic (exact) mass is 423 g/mol. The summed E-state index contributed by atoms with van der Waals surface area (Å²) in [5, 5.41) is 9.17. The van der Waals surface area contributed by atoms with Crippen molar-refractivity contribution in [1.82, 2.24) is 0 Å². The number of hydrogen-bond acceptors (Lipinski definition) is 2. The molecule has 154 valence electrons. The SMILES string of the molecule is CCCCCCCCCCCCCCOC[N+](C)(CCC)CCO.[Br-]. The van der Waals surface area contributed by atoms with Crippen molar-refractivity contribution in [2.24, 2.45) is 0 Å². The minimum atomic E-state index is 0. The van der Waals surface area contributed by atoms with Gasteiger partial charge in [-0.05, 0) is 12.8 Å². The summed E-state index contributed by atoms with van der Waals surface area (Å²) < 4.78 is 6.70. The molecule has 3 nitrogen and oxygen atoms in total. The van der Waals surface area contributed by atoms with Gasteiger partial charge in [0.1, 0.15) is 6.54 Å². The van der Waals surface area contributed by atoms with Crippen molar-refractivity contribution in [2.45, 2.75) is 97.3 Å². The van der Waals surface area contributed by atoms with Crippen LogP contribution in [0.25, 0.3) is 0 Å². The van der Waals surface area contributed by atoms with E-state index in [9.17, 15) is 5.11 Å².